The minimum Gasteiger partial charge on any atom is -0.458 e. The summed E-state index contributed by atoms with van der Waals surface area (Å²) in [4.78, 5) is 13.7. The van der Waals surface area contributed by atoms with Crippen LogP contribution in [0.2, 0.25) is 0 Å². The van der Waals surface area contributed by atoms with Gasteiger partial charge in [-0.1, -0.05) is 58.9 Å². The monoisotopic (exact) mass is 723 g/mol. The fraction of sp³-hybridized carbons (Fsp3) is 0.818. The lowest BCUT2D eigenvalue weighted by atomic mass is 9.33. The number of fused-ring (bicyclic) bond motifs is 7. The van der Waals surface area contributed by atoms with Crippen LogP contribution in [0.25, 0.3) is 0 Å². The highest BCUT2D eigenvalue weighted by Crippen LogP contribution is 2.76. The Bertz CT molecular complexity index is 1550. The number of nitrogens with zero attached hydrogens (tertiary/aromatic N) is 1. The van der Waals surface area contributed by atoms with Crippen molar-refractivity contribution >= 4 is 21.9 Å². The molecule has 0 aromatic carbocycles. The molecule has 6 aliphatic carbocycles. The molecule has 0 amide bonds. The largest absolute Gasteiger partial charge is 0.458 e. The second kappa shape index (κ2) is 13.1. The smallest absolute Gasteiger partial charge is 0.293 e. The highest BCUT2D eigenvalue weighted by molar-refractivity contribution is 8.00. The highest BCUT2D eigenvalue weighted by atomic mass is 32.2. The van der Waals surface area contributed by atoms with Crippen molar-refractivity contribution in [3.63, 3.8) is 0 Å². The van der Waals surface area contributed by atoms with Crippen LogP contribution < -0.4 is 5.32 Å². The van der Waals surface area contributed by atoms with E-state index in [2.05, 4.69) is 76.4 Å². The van der Waals surface area contributed by atoms with Gasteiger partial charge in [-0.3, -0.25) is 9.00 Å². The summed E-state index contributed by atoms with van der Waals surface area (Å²) in [5, 5.41) is 14.3. The first-order chi connectivity index (χ1) is 24.0. The van der Waals surface area contributed by atoms with E-state index in [1.165, 1.54) is 68.1 Å². The van der Waals surface area contributed by atoms with Crippen molar-refractivity contribution in [2.45, 2.75) is 130 Å². The Balaban J connectivity index is 1.13. The Hall–Kier alpha value is -1.41. The number of rotatable bonds is 9. The van der Waals surface area contributed by atoms with Gasteiger partial charge in [-0.2, -0.15) is 0 Å². The summed E-state index contributed by atoms with van der Waals surface area (Å²) in [6, 6.07) is 0. The first-order valence-corrected chi connectivity index (χ1v) is 22.6. The van der Waals surface area contributed by atoms with Crippen molar-refractivity contribution in [2.24, 2.45) is 51.2 Å². The molecule has 1 saturated heterocycles. The number of ether oxygens (including phenoxy) is 1. The van der Waals surface area contributed by atoms with E-state index in [1.807, 2.05) is 0 Å². The number of hydrogen-bond acceptors (Lipinski definition) is 6. The van der Waals surface area contributed by atoms with Crippen molar-refractivity contribution in [1.82, 2.24) is 10.2 Å². The number of nitrogens with one attached hydrogen (secondary N) is 1. The first kappa shape index (κ1) is 37.9. The summed E-state index contributed by atoms with van der Waals surface area (Å²) in [6.45, 7) is 24.4. The molecule has 5 fully saturated rings. The summed E-state index contributed by atoms with van der Waals surface area (Å²) in [5.74, 6) is 8.78. The van der Waals surface area contributed by atoms with Gasteiger partial charge in [-0.25, -0.2) is 0 Å². The summed E-state index contributed by atoms with van der Waals surface area (Å²) in [7, 11) is -1.86. The molecular formula is C44H70N2O4S. The number of aliphatic hydroxyl groups is 1. The molecule has 7 heteroatoms. The van der Waals surface area contributed by atoms with Crippen LogP contribution in [0.3, 0.4) is 0 Å². The number of allylic oxidation sites excluding steroid dienone is 4. The fourth-order valence-electron chi connectivity index (χ4n) is 14.6. The average Bonchev–Trinajstić information content (AvgIpc) is 3.46. The van der Waals surface area contributed by atoms with Gasteiger partial charge in [0.05, 0.1) is 6.61 Å². The number of carbonyl (C=O) groups is 1. The minimum absolute atomic E-state index is 0.0727. The van der Waals surface area contributed by atoms with Gasteiger partial charge >= 0.3 is 0 Å². The molecule has 51 heavy (non-hydrogen) atoms. The van der Waals surface area contributed by atoms with Gasteiger partial charge in [0.2, 0.25) is 0 Å². The van der Waals surface area contributed by atoms with Crippen LogP contribution in [0.15, 0.2) is 35.5 Å². The van der Waals surface area contributed by atoms with Gasteiger partial charge in [0.1, 0.15) is 5.60 Å². The molecule has 1 heterocycles. The van der Waals surface area contributed by atoms with Gasteiger partial charge < -0.3 is 20.1 Å². The van der Waals surface area contributed by atoms with Gasteiger partial charge in [0.25, 0.3) is 6.47 Å². The van der Waals surface area contributed by atoms with Crippen LogP contribution >= 0.6 is 0 Å². The van der Waals surface area contributed by atoms with E-state index in [-0.39, 0.29) is 23.0 Å². The Kier molecular flexibility index (Phi) is 9.75. The van der Waals surface area contributed by atoms with E-state index in [1.54, 1.807) is 0 Å². The molecule has 0 spiro atoms. The van der Waals surface area contributed by atoms with Crippen molar-refractivity contribution in [1.29, 1.82) is 0 Å². The number of hydrogen-bond donors (Lipinski definition) is 2. The molecule has 2 N–H and O–H groups in total. The second-order valence-corrected chi connectivity index (χ2v) is 22.8. The SMILES string of the molecule is C=C(C)[C@@H]1CC[C@]2(NCCN3CCS(=C)(=O)CC3)CC[C@]3(C)[C@H](CC[C@@H]4[C@@]5(C)CC=C(C6=CCC(CO)(OC=O)CC6)C(C)(C)[C@@H]5CC[C@]43C)[C@@H]12. The standard InChI is InChI=1S/C44H70N2O4S/c1-31(2)33-13-20-44(45-23-24-46-25-27-51(8,49)28-26-46)22-21-41(6)35(38(33)44)9-10-37-40(5)16-14-34(39(3,4)36(40)15-17-42(37,41)7)32-11-18-43(29-47,19-12-32)50-30-48/h11,14,30,33,35-38,45,47H,1,8-10,12-13,15-29H2,2-7H3/t33-,35+,36-,37+,38+,40-,41+,42+,43?,44-/m0/s1. The predicted octanol–water partition coefficient (Wildman–Crippen LogP) is 7.57. The molecule has 0 bridgehead atoms. The zero-order valence-corrected chi connectivity index (χ0v) is 33.8. The zero-order chi connectivity index (χ0) is 36.7. The molecule has 0 aromatic heterocycles. The molecular weight excluding hydrogens is 653 g/mol. The third-order valence-corrected chi connectivity index (χ3v) is 19.5. The summed E-state index contributed by atoms with van der Waals surface area (Å²) >= 11 is 0. The topological polar surface area (TPSA) is 78.9 Å². The molecule has 7 aliphatic rings. The Morgan fingerprint density at radius 3 is 2.37 bits per heavy atom. The van der Waals surface area contributed by atoms with Crippen LogP contribution in [-0.2, 0) is 19.1 Å². The van der Waals surface area contributed by atoms with E-state index in [0.717, 1.165) is 50.5 Å². The van der Waals surface area contributed by atoms with Gasteiger partial charge in [0.15, 0.2) is 0 Å². The Morgan fingerprint density at radius 2 is 1.73 bits per heavy atom. The van der Waals surface area contributed by atoms with Crippen LogP contribution in [0.5, 0.6) is 0 Å². The van der Waals surface area contributed by atoms with E-state index in [0.29, 0.717) is 59.7 Å². The quantitative estimate of drug-likeness (QED) is 0.145. The third kappa shape index (κ3) is 5.91. The normalized spacial score (nSPS) is 46.0. The first-order valence-electron chi connectivity index (χ1n) is 20.6. The Morgan fingerprint density at radius 1 is 0.980 bits per heavy atom. The number of aliphatic hydroxyl groups excluding tert-OH is 1. The molecule has 4 saturated carbocycles. The lowest BCUT2D eigenvalue weighted by Gasteiger charge is -2.72. The maximum Gasteiger partial charge on any atom is 0.293 e. The summed E-state index contributed by atoms with van der Waals surface area (Å²) in [6.07, 6.45) is 18.6. The molecule has 10 atom stereocenters. The maximum absolute atomic E-state index is 12.5. The number of carbonyl (C=O) groups excluding carboxylic acids is 1. The van der Waals surface area contributed by atoms with Crippen LogP contribution in [0.4, 0.5) is 0 Å². The van der Waals surface area contributed by atoms with Crippen molar-refractivity contribution in [3.05, 3.63) is 35.5 Å². The minimum atomic E-state index is -1.86. The van der Waals surface area contributed by atoms with E-state index in [9.17, 15) is 14.1 Å². The summed E-state index contributed by atoms with van der Waals surface area (Å²) in [5.41, 5.74) is 4.72. The van der Waals surface area contributed by atoms with Crippen molar-refractivity contribution < 1.29 is 18.8 Å². The lowest BCUT2D eigenvalue weighted by Crippen LogP contribution is -2.68. The predicted molar refractivity (Wildman–Crippen MR) is 211 cm³/mol. The molecule has 286 valence electrons. The van der Waals surface area contributed by atoms with Gasteiger partial charge in [0, 0.05) is 49.6 Å². The van der Waals surface area contributed by atoms with E-state index in [4.69, 9.17) is 4.74 Å². The maximum atomic E-state index is 12.5. The van der Waals surface area contributed by atoms with E-state index >= 15 is 0 Å². The van der Waals surface area contributed by atoms with Crippen LogP contribution in [-0.4, -0.2) is 82.0 Å². The van der Waals surface area contributed by atoms with Crippen LogP contribution in [0, 0.1) is 51.2 Å². The molecule has 1 aliphatic heterocycles. The Labute approximate surface area is 310 Å². The molecule has 0 aromatic rings. The fourth-order valence-corrected chi connectivity index (χ4v) is 16.0. The molecule has 7 rings (SSSR count). The average molecular weight is 723 g/mol. The summed E-state index contributed by atoms with van der Waals surface area (Å²) < 4.78 is 17.9. The van der Waals surface area contributed by atoms with Gasteiger partial charge in [-0.05, 0) is 155 Å². The van der Waals surface area contributed by atoms with E-state index < -0.39 is 15.1 Å². The zero-order valence-electron chi connectivity index (χ0n) is 33.0. The highest BCUT2D eigenvalue weighted by Gasteiger charge is 2.70. The van der Waals surface area contributed by atoms with Gasteiger partial charge in [-0.15, -0.1) is 0 Å². The molecule has 1 unspecified atom stereocenters. The second-order valence-electron chi connectivity index (χ2n) is 20.0. The third-order valence-electron chi connectivity index (χ3n) is 17.6. The lowest BCUT2D eigenvalue weighted by molar-refractivity contribution is -0.221. The van der Waals surface area contributed by atoms with Crippen molar-refractivity contribution in [2.75, 3.05) is 44.3 Å². The van der Waals surface area contributed by atoms with Crippen LogP contribution in [0.1, 0.15) is 119 Å². The molecule has 0 radical (unpaired) electrons. The molecule has 6 nitrogen and oxygen atoms in total. The van der Waals surface area contributed by atoms with Crippen molar-refractivity contribution in [3.8, 4) is 0 Å².